The first-order valence-electron chi connectivity index (χ1n) is 6.27. The van der Waals surface area contributed by atoms with Crippen LogP contribution in [0.25, 0.3) is 0 Å². The van der Waals surface area contributed by atoms with Crippen LogP contribution in [0.3, 0.4) is 0 Å². The van der Waals surface area contributed by atoms with Gasteiger partial charge in [0.05, 0.1) is 10.7 Å². The minimum atomic E-state index is -0.388. The number of hydrogen-bond acceptors (Lipinski definition) is 2. The van der Waals surface area contributed by atoms with Crippen LogP contribution in [0.1, 0.15) is 24.0 Å². The van der Waals surface area contributed by atoms with Gasteiger partial charge < -0.3 is 9.88 Å². The number of imidazole rings is 1. The molecule has 3 nitrogen and oxygen atoms in total. The highest BCUT2D eigenvalue weighted by Crippen LogP contribution is 2.18. The zero-order valence-electron chi connectivity index (χ0n) is 11.1. The average Bonchev–Trinajstić information content (AvgIpc) is 2.73. The predicted molar refractivity (Wildman–Crippen MR) is 74.9 cm³/mol. The summed E-state index contributed by atoms with van der Waals surface area (Å²) in [6.45, 7) is 6.35. The van der Waals surface area contributed by atoms with E-state index in [9.17, 15) is 4.39 Å². The number of rotatable bonds is 5. The van der Waals surface area contributed by atoms with E-state index in [1.54, 1.807) is 12.1 Å². The molecular formula is C14H17ClFN3. The van der Waals surface area contributed by atoms with Crippen LogP contribution in [-0.2, 0) is 13.1 Å². The van der Waals surface area contributed by atoms with Crippen molar-refractivity contribution in [3.05, 3.63) is 52.3 Å². The largest absolute Gasteiger partial charge is 0.327 e. The summed E-state index contributed by atoms with van der Waals surface area (Å²) in [5, 5.41) is 3.43. The molecule has 19 heavy (non-hydrogen) atoms. The number of benzene rings is 1. The van der Waals surface area contributed by atoms with Crippen molar-refractivity contribution in [3.8, 4) is 0 Å². The summed E-state index contributed by atoms with van der Waals surface area (Å²) in [5.74, 6) is 0.550. The van der Waals surface area contributed by atoms with Gasteiger partial charge in [-0.05, 0) is 31.2 Å². The average molecular weight is 282 g/mol. The molecule has 0 radical (unpaired) electrons. The molecule has 0 atom stereocenters. The van der Waals surface area contributed by atoms with Crippen LogP contribution in [0.15, 0.2) is 24.4 Å². The van der Waals surface area contributed by atoms with Crippen LogP contribution < -0.4 is 5.32 Å². The first-order valence-corrected chi connectivity index (χ1v) is 6.65. The van der Waals surface area contributed by atoms with Crippen molar-refractivity contribution >= 4 is 11.6 Å². The maximum absolute atomic E-state index is 13.1. The molecule has 1 N–H and O–H groups in total. The Morgan fingerprint density at radius 1 is 1.42 bits per heavy atom. The Morgan fingerprint density at radius 3 is 2.89 bits per heavy atom. The molecule has 2 aromatic rings. The summed E-state index contributed by atoms with van der Waals surface area (Å²) in [6.07, 6.45) is 1.86. The van der Waals surface area contributed by atoms with Gasteiger partial charge in [-0.1, -0.05) is 24.6 Å². The van der Waals surface area contributed by atoms with Crippen molar-refractivity contribution in [1.82, 2.24) is 14.9 Å². The van der Waals surface area contributed by atoms with Gasteiger partial charge >= 0.3 is 0 Å². The molecule has 0 saturated heterocycles. The molecule has 0 aliphatic carbocycles. The van der Waals surface area contributed by atoms with Gasteiger partial charge in [0.2, 0.25) is 0 Å². The molecule has 102 valence electrons. The third-order valence-corrected chi connectivity index (χ3v) is 3.31. The number of nitrogens with zero attached hydrogens (tertiary/aromatic N) is 2. The maximum Gasteiger partial charge on any atom is 0.141 e. The zero-order valence-corrected chi connectivity index (χ0v) is 11.8. The van der Waals surface area contributed by atoms with Gasteiger partial charge in [0, 0.05) is 19.3 Å². The predicted octanol–water partition coefficient (Wildman–Crippen LogP) is 3.14. The maximum atomic E-state index is 13.1. The number of aryl methyl sites for hydroxylation is 1. The van der Waals surface area contributed by atoms with Gasteiger partial charge in [0.15, 0.2) is 0 Å². The van der Waals surface area contributed by atoms with Crippen LogP contribution in [0.2, 0.25) is 5.02 Å². The Hall–Kier alpha value is -1.39. The van der Waals surface area contributed by atoms with Crippen LogP contribution in [-0.4, -0.2) is 16.1 Å². The van der Waals surface area contributed by atoms with Gasteiger partial charge in [0.25, 0.3) is 0 Å². The Balaban J connectivity index is 2.22. The van der Waals surface area contributed by atoms with Crippen molar-refractivity contribution in [2.45, 2.75) is 26.9 Å². The second kappa shape index (κ2) is 6.17. The molecule has 0 saturated carbocycles. The monoisotopic (exact) mass is 281 g/mol. The summed E-state index contributed by atoms with van der Waals surface area (Å²) in [6, 6.07) is 4.80. The Bertz CT molecular complexity index is 566. The lowest BCUT2D eigenvalue weighted by Gasteiger charge is -2.11. The molecule has 1 heterocycles. The zero-order chi connectivity index (χ0) is 13.8. The van der Waals surface area contributed by atoms with Gasteiger partial charge in [-0.25, -0.2) is 9.37 Å². The summed E-state index contributed by atoms with van der Waals surface area (Å²) in [5.41, 5.74) is 2.07. The van der Waals surface area contributed by atoms with E-state index in [-0.39, 0.29) is 10.8 Å². The first-order chi connectivity index (χ1) is 9.11. The van der Waals surface area contributed by atoms with Gasteiger partial charge in [-0.15, -0.1) is 0 Å². The number of aromatic nitrogens is 2. The van der Waals surface area contributed by atoms with E-state index in [1.807, 2.05) is 13.1 Å². The van der Waals surface area contributed by atoms with Gasteiger partial charge in [0.1, 0.15) is 11.6 Å². The Kier molecular flexibility index (Phi) is 4.56. The third-order valence-electron chi connectivity index (χ3n) is 3.02. The smallest absolute Gasteiger partial charge is 0.141 e. The minimum absolute atomic E-state index is 0.156. The highest BCUT2D eigenvalue weighted by molar-refractivity contribution is 6.30. The molecule has 1 aromatic heterocycles. The first kappa shape index (κ1) is 14.0. The van der Waals surface area contributed by atoms with Gasteiger partial charge in [-0.2, -0.15) is 0 Å². The van der Waals surface area contributed by atoms with Crippen LogP contribution in [0, 0.1) is 12.7 Å². The minimum Gasteiger partial charge on any atom is -0.327 e. The summed E-state index contributed by atoms with van der Waals surface area (Å²) < 4.78 is 15.2. The Morgan fingerprint density at radius 2 is 2.21 bits per heavy atom. The van der Waals surface area contributed by atoms with Crippen molar-refractivity contribution in [1.29, 1.82) is 0 Å². The normalized spacial score (nSPS) is 10.9. The number of nitrogens with one attached hydrogen (secondary N) is 1. The van der Waals surface area contributed by atoms with Crippen molar-refractivity contribution < 1.29 is 4.39 Å². The van der Waals surface area contributed by atoms with Crippen LogP contribution in [0.5, 0.6) is 0 Å². The Labute approximate surface area is 117 Å². The molecule has 0 bridgehead atoms. The van der Waals surface area contributed by atoms with Crippen molar-refractivity contribution in [2.24, 2.45) is 0 Å². The highest BCUT2D eigenvalue weighted by Gasteiger charge is 2.08. The summed E-state index contributed by atoms with van der Waals surface area (Å²) in [4.78, 5) is 4.32. The topological polar surface area (TPSA) is 29.9 Å². The second-order valence-electron chi connectivity index (χ2n) is 4.41. The molecule has 5 heteroatoms. The van der Waals surface area contributed by atoms with Gasteiger partial charge in [-0.3, -0.25) is 0 Å². The van der Waals surface area contributed by atoms with Crippen molar-refractivity contribution in [3.63, 3.8) is 0 Å². The third kappa shape index (κ3) is 3.33. The highest BCUT2D eigenvalue weighted by atomic mass is 35.5. The number of hydrogen-bond donors (Lipinski definition) is 1. The quantitative estimate of drug-likeness (QED) is 0.912. The standard InChI is InChI=1S/C14H17ClFN3/c1-3-17-7-12-8-18-10(2)19(12)9-11-4-5-14(16)13(15)6-11/h4-6,8,17H,3,7,9H2,1-2H3. The van der Waals surface area contributed by atoms with E-state index in [0.29, 0.717) is 6.54 Å². The van der Waals surface area contributed by atoms with E-state index < -0.39 is 0 Å². The lowest BCUT2D eigenvalue weighted by molar-refractivity contribution is 0.623. The second-order valence-corrected chi connectivity index (χ2v) is 4.82. The SMILES string of the molecule is CCNCc1cnc(C)n1Cc1ccc(F)c(Cl)c1. The molecule has 0 spiro atoms. The van der Waals surface area contributed by atoms with E-state index in [4.69, 9.17) is 11.6 Å². The summed E-state index contributed by atoms with van der Waals surface area (Å²) in [7, 11) is 0. The van der Waals surface area contributed by atoms with Crippen molar-refractivity contribution in [2.75, 3.05) is 6.54 Å². The van der Waals surface area contributed by atoms with Crippen LogP contribution >= 0.6 is 11.6 Å². The molecule has 2 rings (SSSR count). The fourth-order valence-electron chi connectivity index (χ4n) is 1.95. The number of halogens is 2. The fraction of sp³-hybridized carbons (Fsp3) is 0.357. The molecular weight excluding hydrogens is 265 g/mol. The fourth-order valence-corrected chi connectivity index (χ4v) is 2.15. The van der Waals surface area contributed by atoms with E-state index in [0.717, 1.165) is 30.2 Å². The van der Waals surface area contributed by atoms with E-state index in [1.165, 1.54) is 6.07 Å². The molecule has 0 amide bonds. The molecule has 0 unspecified atom stereocenters. The summed E-state index contributed by atoms with van der Waals surface area (Å²) >= 11 is 5.80. The molecule has 1 aromatic carbocycles. The van der Waals surface area contributed by atoms with E-state index >= 15 is 0 Å². The molecule has 0 fully saturated rings. The van der Waals surface area contributed by atoms with Crippen LogP contribution in [0.4, 0.5) is 4.39 Å². The van der Waals surface area contributed by atoms with E-state index in [2.05, 4.69) is 21.8 Å². The lowest BCUT2D eigenvalue weighted by Crippen LogP contribution is -2.16. The molecule has 0 aliphatic heterocycles. The lowest BCUT2D eigenvalue weighted by atomic mass is 10.2. The molecule has 0 aliphatic rings.